The van der Waals surface area contributed by atoms with Crippen LogP contribution in [0, 0.1) is 5.92 Å². The van der Waals surface area contributed by atoms with Gasteiger partial charge in [-0.2, -0.15) is 0 Å². The normalized spacial score (nSPS) is 17.3. The number of esters is 1. The molecule has 1 aromatic rings. The van der Waals surface area contributed by atoms with Gasteiger partial charge in [-0.3, -0.25) is 4.79 Å². The molecule has 2 rings (SSSR count). The molecule has 96 valence electrons. The van der Waals surface area contributed by atoms with Gasteiger partial charge in [0.2, 0.25) is 0 Å². The quantitative estimate of drug-likeness (QED) is 0.466. The predicted octanol–water partition coefficient (Wildman–Crippen LogP) is 2.56. The molecule has 1 aliphatic rings. The van der Waals surface area contributed by atoms with E-state index in [1.165, 1.54) is 11.1 Å². The topological polar surface area (TPSA) is 43.4 Å². The molecular weight excluding hydrogens is 228 g/mol. The molecule has 0 spiro atoms. The van der Waals surface area contributed by atoms with Gasteiger partial charge in [0, 0.05) is 5.56 Å². The fraction of sp³-hybridized carbons (Fsp3) is 0.467. The van der Waals surface area contributed by atoms with Crippen molar-refractivity contribution in [1.29, 1.82) is 0 Å². The number of carbonyl (C=O) groups is 2. The Labute approximate surface area is 107 Å². The number of ether oxygens (including phenoxy) is 1. The second-order valence-corrected chi connectivity index (χ2v) is 4.72. The second-order valence-electron chi connectivity index (χ2n) is 4.72. The van der Waals surface area contributed by atoms with Gasteiger partial charge in [0.25, 0.3) is 5.78 Å². The van der Waals surface area contributed by atoms with Crippen molar-refractivity contribution in [2.24, 2.45) is 5.92 Å². The zero-order valence-corrected chi connectivity index (χ0v) is 10.9. The van der Waals surface area contributed by atoms with Crippen molar-refractivity contribution < 1.29 is 14.3 Å². The maximum Gasteiger partial charge on any atom is 0.379 e. The Morgan fingerprint density at radius 3 is 2.61 bits per heavy atom. The molecule has 0 N–H and O–H groups in total. The maximum atomic E-state index is 11.8. The number of benzene rings is 1. The summed E-state index contributed by atoms with van der Waals surface area (Å²) in [7, 11) is 0. The number of Topliss-reactive ketones (excluding diaryl/α,β-unsaturated/α-hetero) is 1. The molecule has 0 unspecified atom stereocenters. The van der Waals surface area contributed by atoms with Crippen molar-refractivity contribution >= 4 is 11.8 Å². The van der Waals surface area contributed by atoms with Gasteiger partial charge < -0.3 is 4.74 Å². The molecule has 0 saturated heterocycles. The Hall–Kier alpha value is -1.64. The molecule has 3 heteroatoms. The average molecular weight is 246 g/mol. The summed E-state index contributed by atoms with van der Waals surface area (Å²) in [5, 5.41) is 0. The Bertz CT molecular complexity index is 477. The summed E-state index contributed by atoms with van der Waals surface area (Å²) in [6.07, 6.45) is 3.24. The van der Waals surface area contributed by atoms with Gasteiger partial charge in [-0.05, 0) is 42.9 Å². The van der Waals surface area contributed by atoms with Gasteiger partial charge in [-0.15, -0.1) is 0 Å². The van der Waals surface area contributed by atoms with E-state index in [-0.39, 0.29) is 6.61 Å². The molecule has 0 radical (unpaired) electrons. The third kappa shape index (κ3) is 2.45. The zero-order chi connectivity index (χ0) is 13.1. The third-order valence-electron chi connectivity index (χ3n) is 3.52. The van der Waals surface area contributed by atoms with Crippen molar-refractivity contribution in [1.82, 2.24) is 0 Å². The predicted molar refractivity (Wildman–Crippen MR) is 68.6 cm³/mol. The lowest BCUT2D eigenvalue weighted by atomic mass is 10.0. The minimum absolute atomic E-state index is 0.230. The molecule has 0 fully saturated rings. The number of hydrogen-bond donors (Lipinski definition) is 0. The second kappa shape index (κ2) is 5.34. The highest BCUT2D eigenvalue weighted by Crippen LogP contribution is 2.29. The number of ketones is 1. The molecule has 0 aromatic heterocycles. The van der Waals surface area contributed by atoms with E-state index >= 15 is 0 Å². The summed E-state index contributed by atoms with van der Waals surface area (Å²) < 4.78 is 4.73. The van der Waals surface area contributed by atoms with Gasteiger partial charge in [0.15, 0.2) is 0 Å². The van der Waals surface area contributed by atoms with Crippen LogP contribution in [0.4, 0.5) is 0 Å². The van der Waals surface area contributed by atoms with E-state index in [0.29, 0.717) is 11.5 Å². The van der Waals surface area contributed by atoms with Gasteiger partial charge in [-0.1, -0.05) is 25.5 Å². The minimum Gasteiger partial charge on any atom is -0.460 e. The Morgan fingerprint density at radius 2 is 1.94 bits per heavy atom. The summed E-state index contributed by atoms with van der Waals surface area (Å²) in [6, 6.07) is 5.55. The van der Waals surface area contributed by atoms with Crippen LogP contribution < -0.4 is 0 Å². The van der Waals surface area contributed by atoms with Gasteiger partial charge in [0.05, 0.1) is 6.61 Å². The SMILES string of the molecule is CCOC(=O)C(=O)c1ccc2c(c1)C[C@@H](CC)C2. The first kappa shape index (κ1) is 12.8. The van der Waals surface area contributed by atoms with Crippen molar-refractivity contribution in [3.05, 3.63) is 34.9 Å². The summed E-state index contributed by atoms with van der Waals surface area (Å²) >= 11 is 0. The summed E-state index contributed by atoms with van der Waals surface area (Å²) in [4.78, 5) is 23.2. The zero-order valence-electron chi connectivity index (χ0n) is 10.9. The number of fused-ring (bicyclic) bond motifs is 1. The molecule has 1 aromatic carbocycles. The van der Waals surface area contributed by atoms with Crippen LogP contribution in [0.25, 0.3) is 0 Å². The van der Waals surface area contributed by atoms with Crippen molar-refractivity contribution in [2.45, 2.75) is 33.1 Å². The van der Waals surface area contributed by atoms with Crippen molar-refractivity contribution in [3.63, 3.8) is 0 Å². The largest absolute Gasteiger partial charge is 0.460 e. The fourth-order valence-electron chi connectivity index (χ4n) is 2.45. The summed E-state index contributed by atoms with van der Waals surface area (Å²) in [6.45, 7) is 4.11. The Kier molecular flexibility index (Phi) is 3.80. The van der Waals surface area contributed by atoms with E-state index in [1.54, 1.807) is 13.0 Å². The van der Waals surface area contributed by atoms with E-state index in [4.69, 9.17) is 4.74 Å². The van der Waals surface area contributed by atoms with Crippen LogP contribution in [0.1, 0.15) is 41.8 Å². The van der Waals surface area contributed by atoms with E-state index in [1.807, 2.05) is 12.1 Å². The number of carbonyl (C=O) groups excluding carboxylic acids is 2. The standard InChI is InChI=1S/C15H18O3/c1-3-10-7-11-5-6-12(9-13(11)8-10)14(16)15(17)18-4-2/h5-6,9-10H,3-4,7-8H2,1-2H3/t10-/m0/s1. The van der Waals surface area contributed by atoms with Gasteiger partial charge in [-0.25, -0.2) is 4.79 Å². The summed E-state index contributed by atoms with van der Waals surface area (Å²) in [5.74, 6) is -0.630. The maximum absolute atomic E-state index is 11.8. The van der Waals surface area contributed by atoms with Crippen molar-refractivity contribution in [2.75, 3.05) is 6.61 Å². The number of hydrogen-bond acceptors (Lipinski definition) is 3. The van der Waals surface area contributed by atoms with Gasteiger partial charge >= 0.3 is 5.97 Å². The monoisotopic (exact) mass is 246 g/mol. The van der Waals surface area contributed by atoms with E-state index in [2.05, 4.69) is 6.92 Å². The average Bonchev–Trinajstić information content (AvgIpc) is 2.79. The lowest BCUT2D eigenvalue weighted by Gasteiger charge is -2.03. The first-order valence-corrected chi connectivity index (χ1v) is 6.49. The van der Waals surface area contributed by atoms with Crippen LogP contribution in [-0.4, -0.2) is 18.4 Å². The van der Waals surface area contributed by atoms with Crippen LogP contribution in [0.5, 0.6) is 0 Å². The van der Waals surface area contributed by atoms with Gasteiger partial charge in [0.1, 0.15) is 0 Å². The highest BCUT2D eigenvalue weighted by Gasteiger charge is 2.23. The molecule has 0 aliphatic heterocycles. The third-order valence-corrected chi connectivity index (χ3v) is 3.52. The molecule has 0 bridgehead atoms. The lowest BCUT2D eigenvalue weighted by molar-refractivity contribution is -0.137. The first-order chi connectivity index (χ1) is 8.65. The van der Waals surface area contributed by atoms with E-state index in [0.717, 1.165) is 19.3 Å². The molecule has 0 saturated carbocycles. The van der Waals surface area contributed by atoms with Crippen LogP contribution in [-0.2, 0) is 22.4 Å². The summed E-state index contributed by atoms with van der Waals surface area (Å²) in [5.41, 5.74) is 2.96. The van der Waals surface area contributed by atoms with E-state index in [9.17, 15) is 9.59 Å². The Balaban J connectivity index is 2.18. The molecule has 1 atom stereocenters. The molecule has 1 aliphatic carbocycles. The van der Waals surface area contributed by atoms with Crippen LogP contribution in [0.15, 0.2) is 18.2 Å². The highest BCUT2D eigenvalue weighted by molar-refractivity contribution is 6.40. The van der Waals surface area contributed by atoms with E-state index < -0.39 is 11.8 Å². The molecule has 0 heterocycles. The molecule has 3 nitrogen and oxygen atoms in total. The minimum atomic E-state index is -0.762. The number of rotatable bonds is 4. The van der Waals surface area contributed by atoms with Crippen molar-refractivity contribution in [3.8, 4) is 0 Å². The fourth-order valence-corrected chi connectivity index (χ4v) is 2.45. The first-order valence-electron chi connectivity index (χ1n) is 6.49. The lowest BCUT2D eigenvalue weighted by Crippen LogP contribution is -2.17. The van der Waals surface area contributed by atoms with Crippen LogP contribution >= 0.6 is 0 Å². The molecular formula is C15H18O3. The highest BCUT2D eigenvalue weighted by atomic mass is 16.5. The Morgan fingerprint density at radius 1 is 1.22 bits per heavy atom. The molecule has 0 amide bonds. The van der Waals surface area contributed by atoms with Crippen LogP contribution in [0.2, 0.25) is 0 Å². The molecule has 18 heavy (non-hydrogen) atoms. The smallest absolute Gasteiger partial charge is 0.379 e. The van der Waals surface area contributed by atoms with Crippen LogP contribution in [0.3, 0.4) is 0 Å².